The number of aryl methyl sites for hydroxylation is 2. The van der Waals surface area contributed by atoms with Crippen LogP contribution in [0, 0.1) is 19.7 Å². The van der Waals surface area contributed by atoms with Crippen molar-refractivity contribution in [1.82, 2.24) is 0 Å². The lowest BCUT2D eigenvalue weighted by atomic mass is 9.96. The molecular weight excluding hydrogens is 325 g/mol. The molecule has 0 radical (unpaired) electrons. The topological polar surface area (TPSA) is 29.1 Å². The van der Waals surface area contributed by atoms with Crippen LogP contribution in [-0.2, 0) is 4.79 Å². The van der Waals surface area contributed by atoms with Crippen molar-refractivity contribution in [1.29, 1.82) is 0 Å². The van der Waals surface area contributed by atoms with Crippen molar-refractivity contribution in [3.63, 3.8) is 0 Å². The highest BCUT2D eigenvalue weighted by molar-refractivity contribution is 5.96. The summed E-state index contributed by atoms with van der Waals surface area (Å²) in [5.41, 5.74) is 4.90. The first-order chi connectivity index (χ1) is 12.5. The molecule has 0 bridgehead atoms. The molecule has 132 valence electrons. The van der Waals surface area contributed by atoms with Crippen molar-refractivity contribution >= 4 is 11.6 Å². The monoisotopic (exact) mass is 347 g/mol. The van der Waals surface area contributed by atoms with Gasteiger partial charge in [0.1, 0.15) is 5.82 Å². The van der Waals surface area contributed by atoms with Gasteiger partial charge in [-0.1, -0.05) is 54.6 Å². The van der Waals surface area contributed by atoms with E-state index in [9.17, 15) is 9.18 Å². The first-order valence-corrected chi connectivity index (χ1v) is 8.68. The molecule has 0 saturated carbocycles. The van der Waals surface area contributed by atoms with Crippen LogP contribution in [-0.4, -0.2) is 5.91 Å². The summed E-state index contributed by atoms with van der Waals surface area (Å²) in [4.78, 5) is 12.6. The summed E-state index contributed by atoms with van der Waals surface area (Å²) >= 11 is 0. The van der Waals surface area contributed by atoms with Crippen molar-refractivity contribution in [2.45, 2.75) is 26.7 Å². The Morgan fingerprint density at radius 3 is 2.38 bits per heavy atom. The third-order valence-corrected chi connectivity index (χ3v) is 4.62. The molecule has 0 spiro atoms. The van der Waals surface area contributed by atoms with Crippen LogP contribution in [0.2, 0.25) is 0 Å². The molecule has 1 N–H and O–H groups in total. The van der Waals surface area contributed by atoms with E-state index in [0.717, 1.165) is 22.4 Å². The predicted molar refractivity (Wildman–Crippen MR) is 105 cm³/mol. The van der Waals surface area contributed by atoms with Gasteiger partial charge in [0.05, 0.1) is 5.92 Å². The highest BCUT2D eigenvalue weighted by atomic mass is 19.1. The summed E-state index contributed by atoms with van der Waals surface area (Å²) in [7, 11) is 0. The molecule has 1 atom stereocenters. The van der Waals surface area contributed by atoms with E-state index in [-0.39, 0.29) is 11.7 Å². The molecular formula is C23H22FNO. The lowest BCUT2D eigenvalue weighted by Gasteiger charge is -2.15. The summed E-state index contributed by atoms with van der Waals surface area (Å²) < 4.78 is 14.6. The van der Waals surface area contributed by atoms with Gasteiger partial charge in [0.25, 0.3) is 0 Å². The Kier molecular flexibility index (Phi) is 5.17. The van der Waals surface area contributed by atoms with E-state index in [1.165, 1.54) is 6.07 Å². The molecule has 2 nitrogen and oxygen atoms in total. The number of hydrogen-bond donors (Lipinski definition) is 1. The molecule has 0 aliphatic heterocycles. The Balaban J connectivity index is 1.81. The largest absolute Gasteiger partial charge is 0.325 e. The Bertz CT molecular complexity index is 934. The summed E-state index contributed by atoms with van der Waals surface area (Å²) in [6, 6.07) is 20.3. The normalized spacial score (nSPS) is 11.8. The minimum atomic E-state index is -0.450. The number of carbonyl (C=O) groups excluding carboxylic acids is 1. The molecule has 3 rings (SSSR count). The van der Waals surface area contributed by atoms with Crippen LogP contribution < -0.4 is 5.32 Å². The second kappa shape index (κ2) is 7.52. The van der Waals surface area contributed by atoms with Crippen LogP contribution >= 0.6 is 0 Å². The number of rotatable bonds is 4. The molecule has 1 amide bonds. The Morgan fingerprint density at radius 2 is 1.69 bits per heavy atom. The minimum absolute atomic E-state index is 0.148. The van der Waals surface area contributed by atoms with E-state index in [0.29, 0.717) is 11.1 Å². The van der Waals surface area contributed by atoms with Gasteiger partial charge in [-0.05, 0) is 55.2 Å². The Morgan fingerprint density at radius 1 is 0.962 bits per heavy atom. The molecule has 3 heteroatoms. The molecule has 0 aliphatic rings. The van der Waals surface area contributed by atoms with E-state index in [1.807, 2.05) is 68.4 Å². The van der Waals surface area contributed by atoms with Gasteiger partial charge < -0.3 is 5.32 Å². The molecule has 0 aromatic heterocycles. The molecule has 3 aromatic rings. The number of hydrogen-bond acceptors (Lipinski definition) is 1. The van der Waals surface area contributed by atoms with Gasteiger partial charge in [-0.25, -0.2) is 4.39 Å². The number of carbonyl (C=O) groups is 1. The fourth-order valence-corrected chi connectivity index (χ4v) is 2.92. The highest BCUT2D eigenvalue weighted by Crippen LogP contribution is 2.27. The smallest absolute Gasteiger partial charge is 0.231 e. The Labute approximate surface area is 153 Å². The third-order valence-electron chi connectivity index (χ3n) is 4.62. The molecule has 0 fully saturated rings. The van der Waals surface area contributed by atoms with Crippen LogP contribution in [0.5, 0.6) is 0 Å². The second-order valence-electron chi connectivity index (χ2n) is 6.63. The molecule has 26 heavy (non-hydrogen) atoms. The third kappa shape index (κ3) is 3.83. The van der Waals surface area contributed by atoms with Crippen molar-refractivity contribution in [3.05, 3.63) is 89.2 Å². The summed E-state index contributed by atoms with van der Waals surface area (Å²) in [6.45, 7) is 5.72. The number of anilines is 1. The zero-order valence-corrected chi connectivity index (χ0v) is 15.2. The Hall–Kier alpha value is -2.94. The number of nitrogens with one attached hydrogen (secondary N) is 1. The SMILES string of the molecule is Cc1ccc(C)c(NC(=O)[C@H](C)c2ccc(-c3ccccc3)c(F)c2)c1. The lowest BCUT2D eigenvalue weighted by Crippen LogP contribution is -2.19. The number of halogens is 1. The van der Waals surface area contributed by atoms with Gasteiger partial charge in [-0.2, -0.15) is 0 Å². The van der Waals surface area contributed by atoms with E-state index >= 15 is 0 Å². The first-order valence-electron chi connectivity index (χ1n) is 8.68. The van der Waals surface area contributed by atoms with Gasteiger partial charge in [0.15, 0.2) is 0 Å². The van der Waals surface area contributed by atoms with Crippen LogP contribution in [0.1, 0.15) is 29.5 Å². The summed E-state index contributed by atoms with van der Waals surface area (Å²) in [5.74, 6) is -0.917. The van der Waals surface area contributed by atoms with Crippen LogP contribution in [0.4, 0.5) is 10.1 Å². The quantitative estimate of drug-likeness (QED) is 0.630. The zero-order valence-electron chi connectivity index (χ0n) is 15.2. The average Bonchev–Trinajstić information content (AvgIpc) is 2.64. The molecule has 0 aliphatic carbocycles. The lowest BCUT2D eigenvalue weighted by molar-refractivity contribution is -0.117. The molecule has 3 aromatic carbocycles. The van der Waals surface area contributed by atoms with Gasteiger partial charge in [-0.15, -0.1) is 0 Å². The van der Waals surface area contributed by atoms with Crippen molar-refractivity contribution in [3.8, 4) is 11.1 Å². The maximum atomic E-state index is 14.6. The van der Waals surface area contributed by atoms with E-state index < -0.39 is 5.92 Å². The maximum absolute atomic E-state index is 14.6. The van der Waals surface area contributed by atoms with Gasteiger partial charge in [-0.3, -0.25) is 4.79 Å². The number of benzene rings is 3. The second-order valence-corrected chi connectivity index (χ2v) is 6.63. The van der Waals surface area contributed by atoms with Gasteiger partial charge >= 0.3 is 0 Å². The van der Waals surface area contributed by atoms with E-state index in [2.05, 4.69) is 5.32 Å². The standard InChI is InChI=1S/C23H22FNO/c1-15-9-10-16(2)22(13-15)25-23(26)17(3)19-11-12-20(21(24)14-19)18-7-5-4-6-8-18/h4-14,17H,1-3H3,(H,25,26)/t17-/m1/s1. The highest BCUT2D eigenvalue weighted by Gasteiger charge is 2.18. The fourth-order valence-electron chi connectivity index (χ4n) is 2.92. The fraction of sp³-hybridized carbons (Fsp3) is 0.174. The van der Waals surface area contributed by atoms with E-state index in [1.54, 1.807) is 13.0 Å². The molecule has 0 heterocycles. The van der Waals surface area contributed by atoms with Crippen molar-refractivity contribution in [2.75, 3.05) is 5.32 Å². The molecule has 0 unspecified atom stereocenters. The summed E-state index contributed by atoms with van der Waals surface area (Å²) in [6.07, 6.45) is 0. The zero-order chi connectivity index (χ0) is 18.7. The number of amides is 1. The van der Waals surface area contributed by atoms with Crippen LogP contribution in [0.15, 0.2) is 66.7 Å². The minimum Gasteiger partial charge on any atom is -0.325 e. The molecule has 0 saturated heterocycles. The van der Waals surface area contributed by atoms with Crippen LogP contribution in [0.3, 0.4) is 0 Å². The van der Waals surface area contributed by atoms with E-state index in [4.69, 9.17) is 0 Å². The van der Waals surface area contributed by atoms with Gasteiger partial charge in [0.2, 0.25) is 5.91 Å². The van der Waals surface area contributed by atoms with Crippen molar-refractivity contribution in [2.24, 2.45) is 0 Å². The average molecular weight is 347 g/mol. The predicted octanol–water partition coefficient (Wildman–Crippen LogP) is 5.85. The summed E-state index contributed by atoms with van der Waals surface area (Å²) in [5, 5.41) is 2.95. The first kappa shape index (κ1) is 17.9. The van der Waals surface area contributed by atoms with Crippen LogP contribution in [0.25, 0.3) is 11.1 Å². The van der Waals surface area contributed by atoms with Crippen molar-refractivity contribution < 1.29 is 9.18 Å². The maximum Gasteiger partial charge on any atom is 0.231 e. The van der Waals surface area contributed by atoms with Gasteiger partial charge in [0, 0.05) is 11.3 Å².